The van der Waals surface area contributed by atoms with Gasteiger partial charge in [-0.1, -0.05) is 26.3 Å². The van der Waals surface area contributed by atoms with Gasteiger partial charge in [-0.2, -0.15) is 0 Å². The van der Waals surface area contributed by atoms with Gasteiger partial charge in [0.05, 0.1) is 18.8 Å². The van der Waals surface area contributed by atoms with Crippen LogP contribution in [-0.4, -0.2) is 29.5 Å². The minimum Gasteiger partial charge on any atom is -0.497 e. The Hall–Kier alpha value is -1.10. The molecule has 0 radical (unpaired) electrons. The highest BCUT2D eigenvalue weighted by atomic mass is 16.5. The molecule has 0 aliphatic heterocycles. The predicted molar refractivity (Wildman–Crippen MR) is 90.1 cm³/mol. The van der Waals surface area contributed by atoms with Crippen molar-refractivity contribution in [3.8, 4) is 5.75 Å². The van der Waals surface area contributed by atoms with Gasteiger partial charge in [-0.3, -0.25) is 0 Å². The van der Waals surface area contributed by atoms with Crippen LogP contribution in [-0.2, 0) is 6.42 Å². The maximum Gasteiger partial charge on any atom is 0.119 e. The van der Waals surface area contributed by atoms with E-state index in [1.54, 1.807) is 7.11 Å². The Labute approximate surface area is 134 Å². The molecule has 1 aromatic carbocycles. The molecule has 2 atom stereocenters. The van der Waals surface area contributed by atoms with Crippen molar-refractivity contribution in [1.82, 2.24) is 0 Å². The van der Waals surface area contributed by atoms with Crippen LogP contribution in [0.3, 0.4) is 0 Å². The van der Waals surface area contributed by atoms with Gasteiger partial charge in [-0.05, 0) is 61.9 Å². The second kappa shape index (κ2) is 9.13. The van der Waals surface area contributed by atoms with Crippen molar-refractivity contribution in [2.75, 3.05) is 13.7 Å². The third kappa shape index (κ3) is 5.59. The fourth-order valence-electron chi connectivity index (χ4n) is 2.79. The Morgan fingerprint density at radius 2 is 1.95 bits per heavy atom. The second-order valence-electron chi connectivity index (χ2n) is 6.04. The lowest BCUT2D eigenvalue weighted by atomic mass is 9.88. The van der Waals surface area contributed by atoms with E-state index >= 15 is 0 Å². The summed E-state index contributed by atoms with van der Waals surface area (Å²) in [5, 5.41) is 20.7. The molecule has 0 amide bonds. The second-order valence-corrected chi connectivity index (χ2v) is 6.04. The standard InChI is InChI=1S/C18H31NO3/c1-4-8-18(21,5-2)9-6-14-11-15(17(20)7-10-19)13-16(12-14)22-3/h11-13,17,20-21H,4-10,19H2,1-3H3. The van der Waals surface area contributed by atoms with Crippen LogP contribution in [0.15, 0.2) is 18.2 Å². The summed E-state index contributed by atoms with van der Waals surface area (Å²) in [7, 11) is 1.62. The Morgan fingerprint density at radius 3 is 2.50 bits per heavy atom. The third-order valence-corrected chi connectivity index (χ3v) is 4.30. The molecule has 4 nitrogen and oxygen atoms in total. The molecule has 0 saturated heterocycles. The van der Waals surface area contributed by atoms with Crippen LogP contribution in [0.5, 0.6) is 5.75 Å². The first-order valence-electron chi connectivity index (χ1n) is 8.26. The number of rotatable bonds is 10. The number of aliphatic hydroxyl groups is 2. The molecule has 126 valence electrons. The van der Waals surface area contributed by atoms with Crippen LogP contribution in [0.2, 0.25) is 0 Å². The summed E-state index contributed by atoms with van der Waals surface area (Å²) < 4.78 is 5.32. The van der Waals surface area contributed by atoms with Crippen molar-refractivity contribution in [1.29, 1.82) is 0 Å². The molecule has 0 aliphatic rings. The normalized spacial score (nSPS) is 15.4. The topological polar surface area (TPSA) is 75.7 Å². The van der Waals surface area contributed by atoms with E-state index in [1.807, 2.05) is 25.1 Å². The molecule has 4 heteroatoms. The number of benzene rings is 1. The highest BCUT2D eigenvalue weighted by Crippen LogP contribution is 2.28. The van der Waals surface area contributed by atoms with Crippen LogP contribution in [0, 0.1) is 0 Å². The predicted octanol–water partition coefficient (Wildman–Crippen LogP) is 2.95. The van der Waals surface area contributed by atoms with Gasteiger partial charge in [0.2, 0.25) is 0 Å². The lowest BCUT2D eigenvalue weighted by Crippen LogP contribution is -2.28. The first-order valence-corrected chi connectivity index (χ1v) is 8.26. The van der Waals surface area contributed by atoms with E-state index in [1.165, 1.54) is 0 Å². The number of aryl methyl sites for hydroxylation is 1. The smallest absolute Gasteiger partial charge is 0.119 e. The number of hydrogen-bond donors (Lipinski definition) is 3. The zero-order chi connectivity index (χ0) is 16.6. The van der Waals surface area contributed by atoms with Gasteiger partial charge < -0.3 is 20.7 Å². The molecular weight excluding hydrogens is 278 g/mol. The average molecular weight is 309 g/mol. The SMILES string of the molecule is CCCC(O)(CC)CCc1cc(OC)cc(C(O)CCN)c1. The minimum absolute atomic E-state index is 0.444. The van der Waals surface area contributed by atoms with Crippen molar-refractivity contribution in [2.24, 2.45) is 5.73 Å². The van der Waals surface area contributed by atoms with E-state index in [0.29, 0.717) is 13.0 Å². The first kappa shape index (κ1) is 18.9. The summed E-state index contributed by atoms with van der Waals surface area (Å²) in [6.07, 6.45) is 3.99. The highest BCUT2D eigenvalue weighted by Gasteiger charge is 2.23. The molecule has 0 aliphatic carbocycles. The van der Waals surface area contributed by atoms with Crippen molar-refractivity contribution in [3.63, 3.8) is 0 Å². The van der Waals surface area contributed by atoms with E-state index < -0.39 is 11.7 Å². The molecule has 0 bridgehead atoms. The van der Waals surface area contributed by atoms with Crippen LogP contribution < -0.4 is 10.5 Å². The van der Waals surface area contributed by atoms with Crippen molar-refractivity contribution >= 4 is 0 Å². The number of aliphatic hydroxyl groups excluding tert-OH is 1. The number of ether oxygens (including phenoxy) is 1. The van der Waals surface area contributed by atoms with Crippen LogP contribution in [0.1, 0.15) is 63.2 Å². The zero-order valence-corrected chi connectivity index (χ0v) is 14.1. The lowest BCUT2D eigenvalue weighted by Gasteiger charge is -2.26. The molecule has 0 heterocycles. The summed E-state index contributed by atoms with van der Waals surface area (Å²) >= 11 is 0. The Morgan fingerprint density at radius 1 is 1.23 bits per heavy atom. The number of nitrogens with two attached hydrogens (primary N) is 1. The molecule has 2 unspecified atom stereocenters. The molecular formula is C18H31NO3. The van der Waals surface area contributed by atoms with E-state index in [0.717, 1.165) is 49.0 Å². The van der Waals surface area contributed by atoms with Gasteiger partial charge in [0.25, 0.3) is 0 Å². The lowest BCUT2D eigenvalue weighted by molar-refractivity contribution is 0.0185. The molecule has 1 aromatic rings. The van der Waals surface area contributed by atoms with Crippen LogP contribution in [0.4, 0.5) is 0 Å². The van der Waals surface area contributed by atoms with E-state index in [-0.39, 0.29) is 0 Å². The average Bonchev–Trinajstić information content (AvgIpc) is 2.53. The quantitative estimate of drug-likeness (QED) is 0.621. The third-order valence-electron chi connectivity index (χ3n) is 4.30. The summed E-state index contributed by atoms with van der Waals surface area (Å²) in [6, 6.07) is 5.81. The van der Waals surface area contributed by atoms with Crippen molar-refractivity contribution < 1.29 is 14.9 Å². The summed E-state index contributed by atoms with van der Waals surface area (Å²) in [5.74, 6) is 0.735. The van der Waals surface area contributed by atoms with Gasteiger partial charge in [-0.15, -0.1) is 0 Å². The van der Waals surface area contributed by atoms with Gasteiger partial charge in [-0.25, -0.2) is 0 Å². The number of hydrogen-bond acceptors (Lipinski definition) is 4. The Balaban J connectivity index is 2.87. The van der Waals surface area contributed by atoms with Crippen LogP contribution in [0.25, 0.3) is 0 Å². The minimum atomic E-state index is -0.603. The monoisotopic (exact) mass is 309 g/mol. The molecule has 22 heavy (non-hydrogen) atoms. The Bertz CT molecular complexity index is 450. The van der Waals surface area contributed by atoms with E-state index in [4.69, 9.17) is 10.5 Å². The van der Waals surface area contributed by atoms with Gasteiger partial charge in [0.1, 0.15) is 5.75 Å². The summed E-state index contributed by atoms with van der Waals surface area (Å²) in [5.41, 5.74) is 6.82. The molecule has 0 spiro atoms. The van der Waals surface area contributed by atoms with E-state index in [9.17, 15) is 10.2 Å². The first-order chi connectivity index (χ1) is 10.5. The molecule has 0 aromatic heterocycles. The van der Waals surface area contributed by atoms with Gasteiger partial charge in [0.15, 0.2) is 0 Å². The largest absolute Gasteiger partial charge is 0.497 e. The maximum absolute atomic E-state index is 10.6. The van der Waals surface area contributed by atoms with Gasteiger partial charge >= 0.3 is 0 Å². The Kier molecular flexibility index (Phi) is 7.87. The fourth-order valence-corrected chi connectivity index (χ4v) is 2.79. The summed E-state index contributed by atoms with van der Waals surface area (Å²) in [6.45, 7) is 4.56. The zero-order valence-electron chi connectivity index (χ0n) is 14.1. The van der Waals surface area contributed by atoms with E-state index in [2.05, 4.69) is 6.92 Å². The summed E-state index contributed by atoms with van der Waals surface area (Å²) in [4.78, 5) is 0. The van der Waals surface area contributed by atoms with Crippen LogP contribution >= 0.6 is 0 Å². The van der Waals surface area contributed by atoms with Gasteiger partial charge in [0, 0.05) is 0 Å². The number of methoxy groups -OCH3 is 1. The fraction of sp³-hybridized carbons (Fsp3) is 0.667. The van der Waals surface area contributed by atoms with Crippen molar-refractivity contribution in [2.45, 2.75) is 64.1 Å². The molecule has 4 N–H and O–H groups in total. The molecule has 0 fully saturated rings. The molecule has 1 rings (SSSR count). The molecule has 0 saturated carbocycles. The maximum atomic E-state index is 10.6. The highest BCUT2D eigenvalue weighted by molar-refractivity contribution is 5.36. The van der Waals surface area contributed by atoms with Crippen molar-refractivity contribution in [3.05, 3.63) is 29.3 Å².